The molecular weight excluding hydrogens is 496 g/mol. The number of hydrogen-bond donors (Lipinski definition) is 1. The number of aromatic nitrogens is 4. The SMILES string of the molecule is COc1c2c(cc3c1C(c1nnnn1-c1cccc(C(=O)Nc4ccc(C(C)C)cc4)c1)N(C)CC3)OCO2. The summed E-state index contributed by atoms with van der Waals surface area (Å²) in [6, 6.07) is 16.9. The summed E-state index contributed by atoms with van der Waals surface area (Å²) in [6.07, 6.45) is 0.824. The molecular formula is C29H30N6O4. The minimum Gasteiger partial charge on any atom is -0.492 e. The van der Waals surface area contributed by atoms with E-state index < -0.39 is 0 Å². The summed E-state index contributed by atoms with van der Waals surface area (Å²) in [5.74, 6) is 2.73. The van der Waals surface area contributed by atoms with E-state index in [4.69, 9.17) is 14.2 Å². The summed E-state index contributed by atoms with van der Waals surface area (Å²) in [6.45, 7) is 5.23. The van der Waals surface area contributed by atoms with Crippen molar-refractivity contribution in [2.75, 3.05) is 32.8 Å². The maximum absolute atomic E-state index is 13.1. The van der Waals surface area contributed by atoms with E-state index in [0.717, 1.165) is 29.8 Å². The van der Waals surface area contributed by atoms with Gasteiger partial charge in [-0.15, -0.1) is 5.10 Å². The maximum atomic E-state index is 13.1. The van der Waals surface area contributed by atoms with Crippen LogP contribution < -0.4 is 19.5 Å². The average molecular weight is 527 g/mol. The number of nitrogens with zero attached hydrogens (tertiary/aromatic N) is 5. The number of tetrazole rings is 1. The van der Waals surface area contributed by atoms with E-state index >= 15 is 0 Å². The van der Waals surface area contributed by atoms with Crippen LogP contribution in [-0.4, -0.2) is 58.5 Å². The van der Waals surface area contributed by atoms with Crippen LogP contribution in [0.4, 0.5) is 5.69 Å². The number of carbonyl (C=O) groups excluding carboxylic acids is 1. The summed E-state index contributed by atoms with van der Waals surface area (Å²) in [5.41, 5.74) is 5.19. The Kier molecular flexibility index (Phi) is 6.40. The number of rotatable bonds is 6. The zero-order valence-electron chi connectivity index (χ0n) is 22.3. The van der Waals surface area contributed by atoms with Crippen LogP contribution in [0.25, 0.3) is 5.69 Å². The fourth-order valence-electron chi connectivity index (χ4n) is 5.24. The van der Waals surface area contributed by atoms with Crippen LogP contribution in [0.2, 0.25) is 0 Å². The predicted molar refractivity (Wildman–Crippen MR) is 145 cm³/mol. The zero-order chi connectivity index (χ0) is 27.1. The number of methoxy groups -OCH3 is 1. The van der Waals surface area contributed by atoms with Gasteiger partial charge in [0.15, 0.2) is 17.3 Å². The third-order valence-electron chi connectivity index (χ3n) is 7.32. The normalized spacial score (nSPS) is 16.3. The molecule has 10 heteroatoms. The summed E-state index contributed by atoms with van der Waals surface area (Å²) < 4.78 is 18.9. The molecule has 4 aromatic rings. The lowest BCUT2D eigenvalue weighted by atomic mass is 9.90. The molecule has 3 heterocycles. The number of nitrogens with one attached hydrogen (secondary N) is 1. The molecule has 1 atom stereocenters. The van der Waals surface area contributed by atoms with Gasteiger partial charge in [-0.1, -0.05) is 32.0 Å². The Morgan fingerprint density at radius 3 is 2.72 bits per heavy atom. The van der Waals surface area contributed by atoms with E-state index in [0.29, 0.717) is 40.2 Å². The number of anilines is 1. The van der Waals surface area contributed by atoms with Crippen LogP contribution in [0.1, 0.15) is 58.7 Å². The van der Waals surface area contributed by atoms with Gasteiger partial charge in [0.05, 0.1) is 12.8 Å². The van der Waals surface area contributed by atoms with Crippen molar-refractivity contribution in [3.8, 4) is 22.9 Å². The van der Waals surface area contributed by atoms with Crippen molar-refractivity contribution in [2.24, 2.45) is 0 Å². The lowest BCUT2D eigenvalue weighted by molar-refractivity contribution is 0.102. The standard InChI is InChI=1S/C29H30N6O4/c1-17(2)18-8-10-21(11-9-18)30-29(36)20-6-5-7-22(14-20)35-28(31-32-33-35)25-24-19(12-13-34(25)3)15-23-26(27(24)37-4)39-16-38-23/h5-11,14-15,17,25H,12-13,16H2,1-4H3,(H,30,36). The molecule has 0 saturated heterocycles. The molecule has 0 bridgehead atoms. The second-order valence-electron chi connectivity index (χ2n) is 10.1. The lowest BCUT2D eigenvalue weighted by Gasteiger charge is -2.34. The van der Waals surface area contributed by atoms with E-state index in [1.807, 2.05) is 49.5 Å². The van der Waals surface area contributed by atoms with Gasteiger partial charge in [-0.05, 0) is 77.3 Å². The number of carbonyl (C=O) groups is 1. The highest BCUT2D eigenvalue weighted by atomic mass is 16.7. The first-order valence-corrected chi connectivity index (χ1v) is 12.9. The lowest BCUT2D eigenvalue weighted by Crippen LogP contribution is -2.35. The first kappa shape index (κ1) is 24.9. The van der Waals surface area contributed by atoms with E-state index in [-0.39, 0.29) is 18.7 Å². The minimum absolute atomic E-state index is 0.156. The van der Waals surface area contributed by atoms with Crippen molar-refractivity contribution in [2.45, 2.75) is 32.2 Å². The minimum atomic E-state index is -0.301. The van der Waals surface area contributed by atoms with Gasteiger partial charge >= 0.3 is 0 Å². The summed E-state index contributed by atoms with van der Waals surface area (Å²) in [7, 11) is 3.66. The maximum Gasteiger partial charge on any atom is 0.255 e. The molecule has 3 aromatic carbocycles. The second kappa shape index (κ2) is 10.0. The molecule has 0 radical (unpaired) electrons. The highest BCUT2D eigenvalue weighted by Gasteiger charge is 2.37. The fraction of sp³-hybridized carbons (Fsp3) is 0.310. The number of benzene rings is 3. The van der Waals surface area contributed by atoms with Crippen molar-refractivity contribution < 1.29 is 19.0 Å². The molecule has 0 saturated carbocycles. The third kappa shape index (κ3) is 4.46. The van der Waals surface area contributed by atoms with Crippen molar-refractivity contribution >= 4 is 11.6 Å². The molecule has 0 aliphatic carbocycles. The van der Waals surface area contributed by atoms with Gasteiger partial charge < -0.3 is 19.5 Å². The van der Waals surface area contributed by atoms with Gasteiger partial charge in [0.2, 0.25) is 12.5 Å². The molecule has 0 spiro atoms. The number of amides is 1. The van der Waals surface area contributed by atoms with E-state index in [1.54, 1.807) is 23.9 Å². The molecule has 0 fully saturated rings. The summed E-state index contributed by atoms with van der Waals surface area (Å²) in [4.78, 5) is 15.3. The molecule has 1 aromatic heterocycles. The Morgan fingerprint density at radius 2 is 1.95 bits per heavy atom. The molecule has 6 rings (SSSR count). The van der Waals surface area contributed by atoms with Crippen molar-refractivity contribution in [3.05, 3.63) is 82.7 Å². The molecule has 2 aliphatic heterocycles. The van der Waals surface area contributed by atoms with Crippen LogP contribution in [0.3, 0.4) is 0 Å². The first-order chi connectivity index (χ1) is 18.9. The smallest absolute Gasteiger partial charge is 0.255 e. The Balaban J connectivity index is 1.34. The Morgan fingerprint density at radius 1 is 1.13 bits per heavy atom. The van der Waals surface area contributed by atoms with Crippen molar-refractivity contribution in [3.63, 3.8) is 0 Å². The number of hydrogen-bond acceptors (Lipinski definition) is 8. The van der Waals surface area contributed by atoms with Crippen LogP contribution in [0, 0.1) is 0 Å². The molecule has 1 amide bonds. The Labute approximate surface area is 226 Å². The quantitative estimate of drug-likeness (QED) is 0.396. The molecule has 2 aliphatic rings. The number of ether oxygens (including phenoxy) is 3. The third-order valence-corrected chi connectivity index (χ3v) is 7.32. The Hall–Kier alpha value is -4.44. The van der Waals surface area contributed by atoms with Gasteiger partial charge in [-0.25, -0.2) is 0 Å². The van der Waals surface area contributed by atoms with Gasteiger partial charge in [-0.3, -0.25) is 9.69 Å². The highest BCUT2D eigenvalue weighted by Crippen LogP contribution is 2.50. The van der Waals surface area contributed by atoms with Crippen molar-refractivity contribution in [1.82, 2.24) is 25.1 Å². The number of fused-ring (bicyclic) bond motifs is 2. The van der Waals surface area contributed by atoms with Gasteiger partial charge in [0.1, 0.15) is 6.04 Å². The largest absolute Gasteiger partial charge is 0.492 e. The molecule has 200 valence electrons. The molecule has 10 nitrogen and oxygen atoms in total. The van der Waals surface area contributed by atoms with E-state index in [9.17, 15) is 4.79 Å². The van der Waals surface area contributed by atoms with Gasteiger partial charge in [0.25, 0.3) is 5.91 Å². The highest BCUT2D eigenvalue weighted by molar-refractivity contribution is 6.04. The van der Waals surface area contributed by atoms with E-state index in [1.165, 1.54) is 5.56 Å². The topological polar surface area (TPSA) is 104 Å². The fourth-order valence-corrected chi connectivity index (χ4v) is 5.24. The van der Waals surface area contributed by atoms with Crippen molar-refractivity contribution in [1.29, 1.82) is 0 Å². The molecule has 1 unspecified atom stereocenters. The zero-order valence-corrected chi connectivity index (χ0v) is 22.3. The van der Waals surface area contributed by atoms with Crippen LogP contribution >= 0.6 is 0 Å². The average Bonchev–Trinajstić information content (AvgIpc) is 3.62. The monoisotopic (exact) mass is 526 g/mol. The second-order valence-corrected chi connectivity index (χ2v) is 10.1. The van der Waals surface area contributed by atoms with Crippen LogP contribution in [0.5, 0.6) is 17.2 Å². The van der Waals surface area contributed by atoms with Gasteiger partial charge in [0, 0.05) is 23.4 Å². The summed E-state index contributed by atoms with van der Waals surface area (Å²) >= 11 is 0. The predicted octanol–water partition coefficient (Wildman–Crippen LogP) is 4.35. The number of likely N-dealkylation sites (N-methyl/N-ethyl adjacent to an activating group) is 1. The first-order valence-electron chi connectivity index (χ1n) is 12.9. The van der Waals surface area contributed by atoms with Crippen LogP contribution in [-0.2, 0) is 6.42 Å². The van der Waals surface area contributed by atoms with Gasteiger partial charge in [-0.2, -0.15) is 4.68 Å². The molecule has 1 N–H and O–H groups in total. The van der Waals surface area contributed by atoms with Crippen LogP contribution in [0.15, 0.2) is 54.6 Å². The summed E-state index contributed by atoms with van der Waals surface area (Å²) in [5, 5.41) is 15.7. The Bertz CT molecular complexity index is 1530. The van der Waals surface area contributed by atoms with E-state index in [2.05, 4.69) is 39.6 Å². The molecule has 39 heavy (non-hydrogen) atoms.